The molecule has 0 saturated carbocycles. The molecule has 4 rings (SSSR count). The number of hydrogen-bond acceptors (Lipinski definition) is 6. The third-order valence-corrected chi connectivity index (χ3v) is 5.82. The van der Waals surface area contributed by atoms with Gasteiger partial charge in [0.15, 0.2) is 0 Å². The number of nitrogens with zero attached hydrogens (tertiary/aromatic N) is 4. The van der Waals surface area contributed by atoms with E-state index in [0.29, 0.717) is 29.8 Å². The molecular weight excluding hydrogens is 415 g/mol. The van der Waals surface area contributed by atoms with E-state index < -0.39 is 0 Å². The molecule has 0 radical (unpaired) electrons. The van der Waals surface area contributed by atoms with Gasteiger partial charge in [-0.15, -0.1) is 10.2 Å². The zero-order valence-corrected chi connectivity index (χ0v) is 17.8. The first-order chi connectivity index (χ1) is 15.2. The van der Waals surface area contributed by atoms with Crippen LogP contribution in [0, 0.1) is 5.82 Å². The predicted octanol–water partition coefficient (Wildman–Crippen LogP) is 3.83. The number of carbonyl (C=O) groups is 1. The summed E-state index contributed by atoms with van der Waals surface area (Å²) in [5.74, 6) is 0.299. The number of halogens is 1. The highest BCUT2D eigenvalue weighted by Gasteiger charge is 2.21. The smallest absolute Gasteiger partial charge is 0.277 e. The first-order valence-corrected chi connectivity index (χ1v) is 11.1. The van der Waals surface area contributed by atoms with Gasteiger partial charge >= 0.3 is 0 Å². The van der Waals surface area contributed by atoms with E-state index in [1.165, 1.54) is 29.5 Å². The van der Waals surface area contributed by atoms with Crippen LogP contribution in [0.1, 0.15) is 5.56 Å². The van der Waals surface area contributed by atoms with Gasteiger partial charge in [-0.05, 0) is 29.8 Å². The topological polar surface area (TPSA) is 62.5 Å². The molecule has 8 heteroatoms. The van der Waals surface area contributed by atoms with Crippen molar-refractivity contribution in [3.05, 3.63) is 72.1 Å². The molecule has 2 heterocycles. The summed E-state index contributed by atoms with van der Waals surface area (Å²) < 4.78 is 18.6. The van der Waals surface area contributed by atoms with Gasteiger partial charge in [0.1, 0.15) is 5.82 Å². The van der Waals surface area contributed by atoms with Gasteiger partial charge in [-0.2, -0.15) is 0 Å². The predicted molar refractivity (Wildman–Crippen MR) is 119 cm³/mol. The van der Waals surface area contributed by atoms with Crippen molar-refractivity contribution < 1.29 is 13.6 Å². The lowest BCUT2D eigenvalue weighted by molar-refractivity contribution is -0.130. The summed E-state index contributed by atoms with van der Waals surface area (Å²) in [6, 6.07) is 16.1. The first-order valence-electron chi connectivity index (χ1n) is 10.1. The first kappa shape index (κ1) is 21.3. The Hall–Kier alpha value is -2.97. The number of thioether (sulfide) groups is 1. The minimum atomic E-state index is -0.323. The average molecular weight is 439 g/mol. The maximum Gasteiger partial charge on any atom is 0.277 e. The summed E-state index contributed by atoms with van der Waals surface area (Å²) in [6.07, 6.45) is 4.29. The maximum absolute atomic E-state index is 13.0. The fourth-order valence-corrected chi connectivity index (χ4v) is 3.94. The molecule has 0 unspecified atom stereocenters. The summed E-state index contributed by atoms with van der Waals surface area (Å²) in [5.41, 5.74) is 1.83. The fourth-order valence-electron chi connectivity index (χ4n) is 3.27. The van der Waals surface area contributed by atoms with Crippen molar-refractivity contribution in [3.8, 4) is 11.5 Å². The second kappa shape index (κ2) is 10.4. The number of amides is 1. The summed E-state index contributed by atoms with van der Waals surface area (Å²) in [7, 11) is 0. The standard InChI is InChI=1S/C23H23FN4O2S/c24-20-10-8-19(9-11-20)22-25-26-23(30-22)31-17-21(29)28-15-13-27(14-16-28)12-4-7-18-5-2-1-3-6-18/h1-11H,12-17H2. The van der Waals surface area contributed by atoms with Crippen LogP contribution in [-0.4, -0.2) is 64.4 Å². The Bertz CT molecular complexity index is 1020. The van der Waals surface area contributed by atoms with Gasteiger partial charge in [-0.1, -0.05) is 54.2 Å². The van der Waals surface area contributed by atoms with Crippen molar-refractivity contribution in [2.75, 3.05) is 38.5 Å². The molecule has 1 aliphatic rings. The van der Waals surface area contributed by atoms with Crippen molar-refractivity contribution in [2.45, 2.75) is 5.22 Å². The molecule has 6 nitrogen and oxygen atoms in total. The highest BCUT2D eigenvalue weighted by molar-refractivity contribution is 7.99. The second-order valence-electron chi connectivity index (χ2n) is 7.16. The van der Waals surface area contributed by atoms with Crippen molar-refractivity contribution in [1.29, 1.82) is 0 Å². The summed E-state index contributed by atoms with van der Waals surface area (Å²) in [5, 5.41) is 8.27. The molecule has 0 spiro atoms. The zero-order valence-electron chi connectivity index (χ0n) is 17.0. The van der Waals surface area contributed by atoms with Crippen LogP contribution in [-0.2, 0) is 4.79 Å². The van der Waals surface area contributed by atoms with Crippen LogP contribution in [0.25, 0.3) is 17.5 Å². The average Bonchev–Trinajstić information content (AvgIpc) is 3.28. The minimum Gasteiger partial charge on any atom is -0.411 e. The van der Waals surface area contributed by atoms with Gasteiger partial charge in [0.05, 0.1) is 5.75 Å². The monoisotopic (exact) mass is 438 g/mol. The molecule has 0 atom stereocenters. The van der Waals surface area contributed by atoms with Crippen LogP contribution in [0.5, 0.6) is 0 Å². The molecule has 160 valence electrons. The molecule has 1 amide bonds. The van der Waals surface area contributed by atoms with Crippen molar-refractivity contribution >= 4 is 23.7 Å². The Balaban J connectivity index is 1.20. The van der Waals surface area contributed by atoms with Crippen LogP contribution < -0.4 is 0 Å². The number of piperazine rings is 1. The number of carbonyl (C=O) groups excluding carboxylic acids is 1. The molecule has 1 aromatic heterocycles. The number of rotatable bonds is 7. The van der Waals surface area contributed by atoms with Crippen LogP contribution in [0.2, 0.25) is 0 Å². The molecule has 1 aliphatic heterocycles. The van der Waals surface area contributed by atoms with Gasteiger partial charge in [0.2, 0.25) is 11.8 Å². The molecule has 31 heavy (non-hydrogen) atoms. The molecule has 0 N–H and O–H groups in total. The molecule has 1 saturated heterocycles. The third kappa shape index (κ3) is 6.02. The Morgan fingerprint density at radius 3 is 2.52 bits per heavy atom. The highest BCUT2D eigenvalue weighted by atomic mass is 32.2. The quantitative estimate of drug-likeness (QED) is 0.523. The Morgan fingerprint density at radius 2 is 1.77 bits per heavy atom. The third-order valence-electron chi connectivity index (χ3n) is 5.02. The van der Waals surface area contributed by atoms with Crippen molar-refractivity contribution in [1.82, 2.24) is 20.0 Å². The van der Waals surface area contributed by atoms with Crippen LogP contribution in [0.15, 0.2) is 70.3 Å². The SMILES string of the molecule is O=C(CSc1nnc(-c2ccc(F)cc2)o1)N1CCN(CC=Cc2ccccc2)CC1. The van der Waals surface area contributed by atoms with Gasteiger partial charge in [0, 0.05) is 38.3 Å². The lowest BCUT2D eigenvalue weighted by atomic mass is 10.2. The van der Waals surface area contributed by atoms with Crippen LogP contribution >= 0.6 is 11.8 Å². The zero-order chi connectivity index (χ0) is 21.5. The van der Waals surface area contributed by atoms with Crippen LogP contribution in [0.4, 0.5) is 4.39 Å². The molecule has 3 aromatic rings. The molecule has 0 bridgehead atoms. The minimum absolute atomic E-state index is 0.0611. The largest absolute Gasteiger partial charge is 0.411 e. The van der Waals surface area contributed by atoms with Gasteiger partial charge < -0.3 is 9.32 Å². The van der Waals surface area contributed by atoms with Crippen molar-refractivity contribution in [3.63, 3.8) is 0 Å². The van der Waals surface area contributed by atoms with Crippen LogP contribution in [0.3, 0.4) is 0 Å². The second-order valence-corrected chi connectivity index (χ2v) is 8.09. The van der Waals surface area contributed by atoms with E-state index in [0.717, 1.165) is 19.6 Å². The summed E-state index contributed by atoms with van der Waals surface area (Å²) >= 11 is 1.22. The normalized spacial score (nSPS) is 14.9. The van der Waals surface area contributed by atoms with Crippen molar-refractivity contribution in [2.24, 2.45) is 0 Å². The fraction of sp³-hybridized carbons (Fsp3) is 0.261. The van der Waals surface area contributed by atoms with E-state index in [9.17, 15) is 9.18 Å². The Labute approximate surface area is 184 Å². The van der Waals surface area contributed by atoms with Gasteiger partial charge in [-0.25, -0.2) is 4.39 Å². The van der Waals surface area contributed by atoms with E-state index in [1.807, 2.05) is 23.1 Å². The van der Waals surface area contributed by atoms with E-state index >= 15 is 0 Å². The molecular formula is C23H23FN4O2S. The number of hydrogen-bond donors (Lipinski definition) is 0. The van der Waals surface area contributed by atoms with E-state index in [4.69, 9.17) is 4.42 Å². The lowest BCUT2D eigenvalue weighted by Crippen LogP contribution is -2.49. The molecule has 1 fully saturated rings. The lowest BCUT2D eigenvalue weighted by Gasteiger charge is -2.34. The number of aromatic nitrogens is 2. The van der Waals surface area contributed by atoms with Gasteiger partial charge in [0.25, 0.3) is 5.22 Å². The summed E-state index contributed by atoms with van der Waals surface area (Å²) in [4.78, 5) is 16.7. The van der Waals surface area contributed by atoms with E-state index in [1.54, 1.807) is 12.1 Å². The Morgan fingerprint density at radius 1 is 1.03 bits per heavy atom. The molecule has 2 aromatic carbocycles. The maximum atomic E-state index is 13.0. The number of benzene rings is 2. The Kier molecular flexibility index (Phi) is 7.11. The summed E-state index contributed by atoms with van der Waals surface area (Å²) in [6.45, 7) is 4.00. The van der Waals surface area contributed by atoms with Gasteiger partial charge in [-0.3, -0.25) is 9.69 Å². The van der Waals surface area contributed by atoms with E-state index in [2.05, 4.69) is 39.4 Å². The highest BCUT2D eigenvalue weighted by Crippen LogP contribution is 2.23. The molecule has 0 aliphatic carbocycles. The van der Waals surface area contributed by atoms with E-state index in [-0.39, 0.29) is 17.5 Å².